The van der Waals surface area contributed by atoms with Crippen molar-refractivity contribution in [2.45, 2.75) is 19.8 Å². The van der Waals surface area contributed by atoms with Crippen LogP contribution in [0.4, 0.5) is 10.1 Å². The molecule has 122 valence electrons. The van der Waals surface area contributed by atoms with Crippen molar-refractivity contribution in [1.29, 1.82) is 0 Å². The topological polar surface area (TPSA) is 51.1 Å². The van der Waals surface area contributed by atoms with Gasteiger partial charge in [0.25, 0.3) is 5.56 Å². The van der Waals surface area contributed by atoms with Gasteiger partial charge in [0.2, 0.25) is 5.91 Å². The molecule has 1 aromatic heterocycles. The number of hydrogen-bond donors (Lipinski definition) is 1. The minimum Gasteiger partial charge on any atom is -0.325 e. The summed E-state index contributed by atoms with van der Waals surface area (Å²) in [6.07, 6.45) is 2.51. The fourth-order valence-corrected chi connectivity index (χ4v) is 2.46. The quantitative estimate of drug-likeness (QED) is 0.910. The molecule has 1 N–H and O–H groups in total. The highest BCUT2D eigenvalue weighted by Gasteiger charge is 2.15. The standard InChI is InChI=1S/C17H18ClFN2O2/c1-11(7-8-12-5-3-4-6-15(12)19)16(22)20-13-9-14(18)17(23)21(2)10-13/h3-6,9-11H,7-8H2,1-2H3,(H,20,22)/t11-/m0/s1. The van der Waals surface area contributed by atoms with E-state index >= 15 is 0 Å². The Balaban J connectivity index is 1.98. The van der Waals surface area contributed by atoms with Crippen LogP contribution in [0.15, 0.2) is 41.3 Å². The summed E-state index contributed by atoms with van der Waals surface area (Å²) in [6.45, 7) is 1.78. The third-order valence-corrected chi connectivity index (χ3v) is 3.93. The number of carbonyl (C=O) groups is 1. The number of halogens is 2. The predicted molar refractivity (Wildman–Crippen MR) is 89.2 cm³/mol. The first kappa shape index (κ1) is 17.2. The zero-order chi connectivity index (χ0) is 17.0. The number of amides is 1. The van der Waals surface area contributed by atoms with Gasteiger partial charge in [-0.2, -0.15) is 0 Å². The second kappa shape index (κ2) is 7.42. The zero-order valence-electron chi connectivity index (χ0n) is 13.0. The normalized spacial score (nSPS) is 12.0. The smallest absolute Gasteiger partial charge is 0.269 e. The summed E-state index contributed by atoms with van der Waals surface area (Å²) < 4.78 is 14.9. The molecule has 2 aromatic rings. The van der Waals surface area contributed by atoms with Crippen molar-refractivity contribution in [2.75, 3.05) is 5.32 Å². The van der Waals surface area contributed by atoms with E-state index < -0.39 is 0 Å². The van der Waals surface area contributed by atoms with Crippen molar-refractivity contribution in [3.8, 4) is 0 Å². The van der Waals surface area contributed by atoms with Gasteiger partial charge in [0.15, 0.2) is 0 Å². The average Bonchev–Trinajstić information content (AvgIpc) is 2.51. The molecule has 0 aliphatic rings. The van der Waals surface area contributed by atoms with Crippen molar-refractivity contribution in [1.82, 2.24) is 4.57 Å². The van der Waals surface area contributed by atoms with E-state index in [4.69, 9.17) is 11.6 Å². The molecule has 23 heavy (non-hydrogen) atoms. The van der Waals surface area contributed by atoms with Crippen molar-refractivity contribution < 1.29 is 9.18 Å². The Morgan fingerprint density at radius 1 is 1.39 bits per heavy atom. The van der Waals surface area contributed by atoms with E-state index in [1.165, 1.54) is 22.9 Å². The first-order valence-electron chi connectivity index (χ1n) is 7.29. The molecule has 6 heteroatoms. The molecule has 0 fully saturated rings. The lowest BCUT2D eigenvalue weighted by Gasteiger charge is -2.13. The van der Waals surface area contributed by atoms with E-state index in [2.05, 4.69) is 5.32 Å². The Hall–Kier alpha value is -2.14. The summed E-state index contributed by atoms with van der Waals surface area (Å²) >= 11 is 5.81. The van der Waals surface area contributed by atoms with Crippen LogP contribution < -0.4 is 10.9 Å². The molecule has 0 saturated carbocycles. The molecule has 0 bridgehead atoms. The van der Waals surface area contributed by atoms with Gasteiger partial charge in [-0.05, 0) is 30.5 Å². The van der Waals surface area contributed by atoms with Crippen molar-refractivity contribution in [3.63, 3.8) is 0 Å². The number of anilines is 1. The Morgan fingerprint density at radius 3 is 2.74 bits per heavy atom. The van der Waals surface area contributed by atoms with Gasteiger partial charge in [-0.25, -0.2) is 4.39 Å². The monoisotopic (exact) mass is 336 g/mol. The molecule has 0 aliphatic carbocycles. The van der Waals surface area contributed by atoms with Crippen LogP contribution in [0.1, 0.15) is 18.9 Å². The largest absolute Gasteiger partial charge is 0.325 e. The lowest BCUT2D eigenvalue weighted by molar-refractivity contribution is -0.119. The summed E-state index contributed by atoms with van der Waals surface area (Å²) in [5.41, 5.74) is 0.731. The molecular weight excluding hydrogens is 319 g/mol. The van der Waals surface area contributed by atoms with Gasteiger partial charge < -0.3 is 9.88 Å². The summed E-state index contributed by atoms with van der Waals surface area (Å²) in [4.78, 5) is 23.7. The number of aryl methyl sites for hydroxylation is 2. The Kier molecular flexibility index (Phi) is 5.55. The van der Waals surface area contributed by atoms with Crippen LogP contribution >= 0.6 is 11.6 Å². The number of rotatable bonds is 5. The van der Waals surface area contributed by atoms with Crippen LogP contribution in [0.3, 0.4) is 0 Å². The third-order valence-electron chi connectivity index (χ3n) is 3.66. The van der Waals surface area contributed by atoms with Crippen LogP contribution in [0.5, 0.6) is 0 Å². The molecular formula is C17H18ClFN2O2. The number of nitrogens with zero attached hydrogens (tertiary/aromatic N) is 1. The first-order valence-corrected chi connectivity index (χ1v) is 7.66. The van der Waals surface area contributed by atoms with Gasteiger partial charge in [-0.3, -0.25) is 9.59 Å². The van der Waals surface area contributed by atoms with E-state index in [0.717, 1.165) is 0 Å². The number of aromatic nitrogens is 1. The van der Waals surface area contributed by atoms with Crippen molar-refractivity contribution in [2.24, 2.45) is 13.0 Å². The molecule has 1 aromatic carbocycles. The minimum atomic E-state index is -0.322. The minimum absolute atomic E-state index is 0.0457. The number of nitrogens with one attached hydrogen (secondary N) is 1. The zero-order valence-corrected chi connectivity index (χ0v) is 13.7. The fourth-order valence-electron chi connectivity index (χ4n) is 2.21. The van der Waals surface area contributed by atoms with Gasteiger partial charge in [0, 0.05) is 19.2 Å². The SMILES string of the molecule is C[C@@H](CCc1ccccc1F)C(=O)Nc1cc(Cl)c(=O)n(C)c1. The number of carbonyl (C=O) groups excluding carboxylic acids is 1. The maximum Gasteiger partial charge on any atom is 0.269 e. The van der Waals surface area contributed by atoms with E-state index in [1.54, 1.807) is 32.2 Å². The molecule has 0 aliphatic heterocycles. The molecule has 2 rings (SSSR count). The molecule has 1 amide bonds. The van der Waals surface area contributed by atoms with Gasteiger partial charge in [0.1, 0.15) is 10.8 Å². The number of pyridine rings is 1. The summed E-state index contributed by atoms with van der Waals surface area (Å²) in [6, 6.07) is 7.96. The fraction of sp³-hybridized carbons (Fsp3) is 0.294. The van der Waals surface area contributed by atoms with Crippen LogP contribution in [0.25, 0.3) is 0 Å². The van der Waals surface area contributed by atoms with Gasteiger partial charge in [0.05, 0.1) is 5.69 Å². The van der Waals surface area contributed by atoms with Crippen molar-refractivity contribution >= 4 is 23.2 Å². The highest BCUT2D eigenvalue weighted by Crippen LogP contribution is 2.16. The van der Waals surface area contributed by atoms with Gasteiger partial charge >= 0.3 is 0 Å². The highest BCUT2D eigenvalue weighted by atomic mass is 35.5. The molecule has 4 nitrogen and oxygen atoms in total. The van der Waals surface area contributed by atoms with Gasteiger partial charge in [-0.15, -0.1) is 0 Å². The number of benzene rings is 1. The molecule has 0 spiro atoms. The summed E-state index contributed by atoms with van der Waals surface area (Å²) in [7, 11) is 1.56. The average molecular weight is 337 g/mol. The lowest BCUT2D eigenvalue weighted by Crippen LogP contribution is -2.23. The molecule has 0 unspecified atom stereocenters. The van der Waals surface area contributed by atoms with Crippen LogP contribution in [-0.4, -0.2) is 10.5 Å². The van der Waals surface area contributed by atoms with Crippen LogP contribution in [0, 0.1) is 11.7 Å². The number of hydrogen-bond acceptors (Lipinski definition) is 2. The van der Waals surface area contributed by atoms with E-state index in [1.807, 2.05) is 0 Å². The lowest BCUT2D eigenvalue weighted by atomic mass is 10.00. The van der Waals surface area contributed by atoms with E-state index in [9.17, 15) is 14.0 Å². The van der Waals surface area contributed by atoms with E-state index in [0.29, 0.717) is 24.1 Å². The first-order chi connectivity index (χ1) is 10.9. The second-order valence-corrected chi connectivity index (χ2v) is 5.92. The third kappa shape index (κ3) is 4.42. The second-order valence-electron chi connectivity index (χ2n) is 5.51. The summed E-state index contributed by atoms with van der Waals surface area (Å²) in [5.74, 6) is -0.758. The molecule has 0 saturated heterocycles. The van der Waals surface area contributed by atoms with Crippen LogP contribution in [-0.2, 0) is 18.3 Å². The van der Waals surface area contributed by atoms with Crippen molar-refractivity contribution in [3.05, 3.63) is 63.3 Å². The molecule has 1 heterocycles. The molecule has 1 atom stereocenters. The highest BCUT2D eigenvalue weighted by molar-refractivity contribution is 6.30. The summed E-state index contributed by atoms with van der Waals surface area (Å²) in [5, 5.41) is 2.77. The van der Waals surface area contributed by atoms with Crippen LogP contribution in [0.2, 0.25) is 5.02 Å². The van der Waals surface area contributed by atoms with Gasteiger partial charge in [-0.1, -0.05) is 36.7 Å². The molecule has 0 radical (unpaired) electrons. The van der Waals surface area contributed by atoms with E-state index in [-0.39, 0.29) is 28.2 Å². The predicted octanol–water partition coefficient (Wildman–Crippen LogP) is 3.39. The Bertz CT molecular complexity index is 747. The maximum absolute atomic E-state index is 13.6. The Morgan fingerprint density at radius 2 is 2.09 bits per heavy atom. The maximum atomic E-state index is 13.6. The Labute approximate surface area is 138 Å².